The van der Waals surface area contributed by atoms with Crippen LogP contribution in [0.3, 0.4) is 0 Å². The molecule has 0 bridgehead atoms. The summed E-state index contributed by atoms with van der Waals surface area (Å²) in [5.74, 6) is 0.638. The summed E-state index contributed by atoms with van der Waals surface area (Å²) >= 11 is 0. The van der Waals surface area contributed by atoms with Crippen LogP contribution in [-0.2, 0) is 10.0 Å². The molecule has 0 aliphatic heterocycles. The van der Waals surface area contributed by atoms with Crippen molar-refractivity contribution >= 4 is 21.6 Å². The average Bonchev–Trinajstić information content (AvgIpc) is 2.74. The SMILES string of the molecule is CCC1CCC(NC(=O)c2ccc(S(=O)(=O)N(C)c3ccccc3)cc2)CC1. The third kappa shape index (κ3) is 4.55. The molecule has 1 fully saturated rings. The maximum Gasteiger partial charge on any atom is 0.264 e. The molecule has 2 aromatic carbocycles. The maximum atomic E-state index is 12.8. The molecule has 3 rings (SSSR count). The van der Waals surface area contributed by atoms with E-state index in [1.807, 2.05) is 6.07 Å². The largest absolute Gasteiger partial charge is 0.349 e. The Morgan fingerprint density at radius 3 is 2.18 bits per heavy atom. The smallest absolute Gasteiger partial charge is 0.264 e. The highest BCUT2D eigenvalue weighted by molar-refractivity contribution is 7.92. The Balaban J connectivity index is 1.66. The van der Waals surface area contributed by atoms with E-state index in [4.69, 9.17) is 0 Å². The molecule has 150 valence electrons. The second kappa shape index (κ2) is 8.78. The molecule has 0 spiro atoms. The van der Waals surface area contributed by atoms with Crippen LogP contribution in [0.25, 0.3) is 0 Å². The highest BCUT2D eigenvalue weighted by Gasteiger charge is 2.23. The fourth-order valence-corrected chi connectivity index (χ4v) is 4.89. The molecular weight excluding hydrogens is 372 g/mol. The summed E-state index contributed by atoms with van der Waals surface area (Å²) in [6.07, 6.45) is 5.54. The molecule has 5 nitrogen and oxygen atoms in total. The Morgan fingerprint density at radius 2 is 1.61 bits per heavy atom. The second-order valence-corrected chi connectivity index (χ2v) is 9.40. The number of anilines is 1. The van der Waals surface area contributed by atoms with Gasteiger partial charge in [-0.05, 0) is 68.0 Å². The Hall–Kier alpha value is -2.34. The van der Waals surface area contributed by atoms with Gasteiger partial charge in [-0.25, -0.2) is 8.42 Å². The molecule has 0 heterocycles. The van der Waals surface area contributed by atoms with Crippen LogP contribution in [0.1, 0.15) is 49.4 Å². The van der Waals surface area contributed by atoms with Gasteiger partial charge in [-0.15, -0.1) is 0 Å². The first kappa shape index (κ1) is 20.4. The number of benzene rings is 2. The number of nitrogens with one attached hydrogen (secondary N) is 1. The number of carbonyl (C=O) groups is 1. The molecular formula is C22H28N2O3S. The Kier molecular flexibility index (Phi) is 6.39. The molecule has 0 atom stereocenters. The molecule has 1 aliphatic carbocycles. The number of rotatable bonds is 6. The first-order valence-corrected chi connectivity index (χ1v) is 11.3. The minimum absolute atomic E-state index is 0.139. The lowest BCUT2D eigenvalue weighted by molar-refractivity contribution is 0.0921. The van der Waals surface area contributed by atoms with E-state index in [1.165, 1.54) is 29.9 Å². The maximum absolute atomic E-state index is 12.8. The van der Waals surface area contributed by atoms with Gasteiger partial charge in [0.05, 0.1) is 10.6 Å². The van der Waals surface area contributed by atoms with Crippen molar-refractivity contribution in [2.24, 2.45) is 5.92 Å². The number of hydrogen-bond donors (Lipinski definition) is 1. The van der Waals surface area contributed by atoms with Crippen LogP contribution in [0.2, 0.25) is 0 Å². The summed E-state index contributed by atoms with van der Waals surface area (Å²) in [4.78, 5) is 12.7. The van der Waals surface area contributed by atoms with Gasteiger partial charge in [0.2, 0.25) is 0 Å². The van der Waals surface area contributed by atoms with E-state index in [0.717, 1.165) is 31.6 Å². The van der Waals surface area contributed by atoms with Gasteiger partial charge in [-0.2, -0.15) is 0 Å². The second-order valence-electron chi connectivity index (χ2n) is 7.43. The van der Waals surface area contributed by atoms with Gasteiger partial charge in [0.25, 0.3) is 15.9 Å². The quantitative estimate of drug-likeness (QED) is 0.790. The summed E-state index contributed by atoms with van der Waals surface area (Å²) in [6, 6.07) is 15.3. The van der Waals surface area contributed by atoms with Crippen molar-refractivity contribution in [2.75, 3.05) is 11.4 Å². The van der Waals surface area contributed by atoms with Gasteiger partial charge >= 0.3 is 0 Å². The van der Waals surface area contributed by atoms with Gasteiger partial charge in [0, 0.05) is 18.7 Å². The molecule has 0 unspecified atom stereocenters. The van der Waals surface area contributed by atoms with Crippen molar-refractivity contribution in [1.29, 1.82) is 0 Å². The molecule has 0 saturated heterocycles. The van der Waals surface area contributed by atoms with Crippen LogP contribution >= 0.6 is 0 Å². The monoisotopic (exact) mass is 400 g/mol. The number of nitrogens with zero attached hydrogens (tertiary/aromatic N) is 1. The van der Waals surface area contributed by atoms with Crippen molar-refractivity contribution in [2.45, 2.75) is 50.0 Å². The van der Waals surface area contributed by atoms with Gasteiger partial charge in [0.15, 0.2) is 0 Å². The first-order valence-electron chi connectivity index (χ1n) is 9.86. The molecule has 6 heteroatoms. The zero-order valence-electron chi connectivity index (χ0n) is 16.5. The summed E-state index contributed by atoms with van der Waals surface area (Å²) in [5, 5.41) is 3.09. The first-order chi connectivity index (χ1) is 13.4. The van der Waals surface area contributed by atoms with Crippen molar-refractivity contribution < 1.29 is 13.2 Å². The topological polar surface area (TPSA) is 66.5 Å². The summed E-state index contributed by atoms with van der Waals surface area (Å²) in [7, 11) is -2.14. The van der Waals surface area contributed by atoms with Crippen molar-refractivity contribution in [1.82, 2.24) is 5.32 Å². The number of hydrogen-bond acceptors (Lipinski definition) is 3. The predicted molar refractivity (Wildman–Crippen MR) is 112 cm³/mol. The van der Waals surface area contributed by atoms with Crippen molar-refractivity contribution in [3.05, 3.63) is 60.2 Å². The van der Waals surface area contributed by atoms with Crippen LogP contribution in [0.4, 0.5) is 5.69 Å². The third-order valence-electron chi connectivity index (χ3n) is 5.65. The van der Waals surface area contributed by atoms with Gasteiger partial charge in [0.1, 0.15) is 0 Å². The third-order valence-corrected chi connectivity index (χ3v) is 7.45. The number of sulfonamides is 1. The highest BCUT2D eigenvalue weighted by atomic mass is 32.2. The Bertz CT molecular complexity index is 887. The van der Waals surface area contributed by atoms with Crippen molar-refractivity contribution in [3.63, 3.8) is 0 Å². The lowest BCUT2D eigenvalue weighted by Gasteiger charge is -2.28. The average molecular weight is 401 g/mol. The van der Waals surface area contributed by atoms with Crippen LogP contribution in [-0.4, -0.2) is 27.4 Å². The normalized spacial score (nSPS) is 19.8. The number of para-hydroxylation sites is 1. The zero-order chi connectivity index (χ0) is 20.1. The summed E-state index contributed by atoms with van der Waals surface area (Å²) in [5.41, 5.74) is 1.07. The van der Waals surface area contributed by atoms with E-state index in [-0.39, 0.29) is 16.8 Å². The van der Waals surface area contributed by atoms with E-state index >= 15 is 0 Å². The van der Waals surface area contributed by atoms with Gasteiger partial charge < -0.3 is 5.32 Å². The van der Waals surface area contributed by atoms with Crippen LogP contribution in [0.5, 0.6) is 0 Å². The molecule has 1 aliphatic rings. The molecule has 2 aromatic rings. The zero-order valence-corrected chi connectivity index (χ0v) is 17.3. The molecule has 1 N–H and O–H groups in total. The van der Waals surface area contributed by atoms with Crippen molar-refractivity contribution in [3.8, 4) is 0 Å². The van der Waals surface area contributed by atoms with E-state index in [9.17, 15) is 13.2 Å². The van der Waals surface area contributed by atoms with Gasteiger partial charge in [-0.3, -0.25) is 9.10 Å². The Morgan fingerprint density at radius 1 is 1.00 bits per heavy atom. The van der Waals surface area contributed by atoms with Crippen LogP contribution < -0.4 is 9.62 Å². The number of carbonyl (C=O) groups excluding carboxylic acids is 1. The lowest BCUT2D eigenvalue weighted by atomic mass is 9.84. The molecule has 28 heavy (non-hydrogen) atoms. The minimum atomic E-state index is -3.67. The Labute approximate surface area is 167 Å². The van der Waals surface area contributed by atoms with E-state index in [0.29, 0.717) is 11.3 Å². The minimum Gasteiger partial charge on any atom is -0.349 e. The van der Waals surface area contributed by atoms with E-state index < -0.39 is 10.0 Å². The molecule has 1 saturated carbocycles. The molecule has 0 radical (unpaired) electrons. The highest BCUT2D eigenvalue weighted by Crippen LogP contribution is 2.27. The molecule has 1 amide bonds. The predicted octanol–water partition coefficient (Wildman–Crippen LogP) is 4.21. The number of amides is 1. The standard InChI is InChI=1S/C22H28N2O3S/c1-3-17-9-13-19(14-10-17)23-22(25)18-11-15-21(16-12-18)28(26,27)24(2)20-7-5-4-6-8-20/h4-8,11-12,15-17,19H,3,9-10,13-14H2,1-2H3,(H,23,25). The fraction of sp³-hybridized carbons (Fsp3) is 0.409. The summed E-state index contributed by atoms with van der Waals surface area (Å²) in [6.45, 7) is 2.22. The van der Waals surface area contributed by atoms with E-state index in [2.05, 4.69) is 12.2 Å². The van der Waals surface area contributed by atoms with E-state index in [1.54, 1.807) is 36.4 Å². The van der Waals surface area contributed by atoms with Crippen LogP contribution in [0.15, 0.2) is 59.5 Å². The van der Waals surface area contributed by atoms with Crippen LogP contribution in [0, 0.1) is 5.92 Å². The molecule has 0 aromatic heterocycles. The van der Waals surface area contributed by atoms with Gasteiger partial charge in [-0.1, -0.05) is 31.5 Å². The summed E-state index contributed by atoms with van der Waals surface area (Å²) < 4.78 is 26.9. The fourth-order valence-electron chi connectivity index (χ4n) is 3.70. The lowest BCUT2D eigenvalue weighted by Crippen LogP contribution is -2.37.